The van der Waals surface area contributed by atoms with Crippen molar-refractivity contribution < 1.29 is 17.9 Å². The van der Waals surface area contributed by atoms with E-state index in [4.69, 9.17) is 10.5 Å². The molecule has 7 heteroatoms. The van der Waals surface area contributed by atoms with Gasteiger partial charge in [0.05, 0.1) is 6.61 Å². The molecule has 1 unspecified atom stereocenters. The second kappa shape index (κ2) is 8.14. The lowest BCUT2D eigenvalue weighted by molar-refractivity contribution is -0.0329. The van der Waals surface area contributed by atoms with Gasteiger partial charge in [0.1, 0.15) is 5.75 Å². The lowest BCUT2D eigenvalue weighted by atomic mass is 10.0. The number of alkyl halides is 3. The second-order valence-electron chi connectivity index (χ2n) is 4.27. The lowest BCUT2D eigenvalue weighted by Crippen LogP contribution is -2.21. The first-order valence-corrected chi connectivity index (χ1v) is 7.97. The van der Waals surface area contributed by atoms with Gasteiger partial charge in [0.25, 0.3) is 0 Å². The predicted molar refractivity (Wildman–Crippen MR) is 80.1 cm³/mol. The minimum atomic E-state index is -4.21. The first-order valence-electron chi connectivity index (χ1n) is 6.19. The van der Waals surface area contributed by atoms with Gasteiger partial charge in [-0.05, 0) is 48.4 Å². The van der Waals surface area contributed by atoms with Gasteiger partial charge in [-0.3, -0.25) is 0 Å². The molecule has 0 aromatic heterocycles. The maximum Gasteiger partial charge on any atom is 0.441 e. The van der Waals surface area contributed by atoms with Crippen LogP contribution in [-0.4, -0.2) is 23.9 Å². The Balaban J connectivity index is 2.52. The van der Waals surface area contributed by atoms with Crippen LogP contribution in [0.1, 0.15) is 18.9 Å². The average molecular weight is 372 g/mol. The molecule has 20 heavy (non-hydrogen) atoms. The summed E-state index contributed by atoms with van der Waals surface area (Å²) in [6.07, 6.45) is 1.56. The van der Waals surface area contributed by atoms with E-state index in [1.807, 2.05) is 19.1 Å². The molecular formula is C13H17BrF3NOS. The summed E-state index contributed by atoms with van der Waals surface area (Å²) in [4.78, 5) is 0. The summed E-state index contributed by atoms with van der Waals surface area (Å²) in [6.45, 7) is 2.03. The van der Waals surface area contributed by atoms with Gasteiger partial charge in [-0.1, -0.05) is 22.9 Å². The molecule has 0 amide bonds. The Hall–Kier alpha value is -0.400. The number of hydrogen-bond acceptors (Lipinski definition) is 3. The molecule has 0 fully saturated rings. The van der Waals surface area contributed by atoms with Crippen molar-refractivity contribution in [3.63, 3.8) is 0 Å². The molecule has 2 N–H and O–H groups in total. The highest BCUT2D eigenvalue weighted by atomic mass is 79.9. The number of hydrogen-bond donors (Lipinski definition) is 1. The first-order chi connectivity index (χ1) is 9.31. The van der Waals surface area contributed by atoms with Crippen LogP contribution < -0.4 is 10.5 Å². The van der Waals surface area contributed by atoms with Crippen LogP contribution in [0.25, 0.3) is 0 Å². The Morgan fingerprint density at radius 1 is 1.40 bits per heavy atom. The van der Waals surface area contributed by atoms with Crippen LogP contribution in [0.2, 0.25) is 0 Å². The van der Waals surface area contributed by atoms with Crippen LogP contribution in [0, 0.1) is 0 Å². The predicted octanol–water partition coefficient (Wildman–Crippen LogP) is 4.36. The van der Waals surface area contributed by atoms with E-state index < -0.39 is 5.51 Å². The van der Waals surface area contributed by atoms with E-state index in [0.29, 0.717) is 12.2 Å². The first kappa shape index (κ1) is 17.7. The highest BCUT2D eigenvalue weighted by Gasteiger charge is 2.27. The molecule has 0 aliphatic carbocycles. The summed E-state index contributed by atoms with van der Waals surface area (Å²) in [5.41, 5.74) is 2.70. The molecule has 0 bridgehead atoms. The van der Waals surface area contributed by atoms with Crippen molar-refractivity contribution in [1.29, 1.82) is 0 Å². The molecule has 0 aliphatic heterocycles. The summed E-state index contributed by atoms with van der Waals surface area (Å²) < 4.78 is 42.2. The van der Waals surface area contributed by atoms with Crippen LogP contribution in [0.3, 0.4) is 0 Å². The molecule has 1 aromatic carbocycles. The molecule has 0 aliphatic rings. The quantitative estimate of drug-likeness (QED) is 0.723. The van der Waals surface area contributed by atoms with Gasteiger partial charge in [0.2, 0.25) is 0 Å². The van der Waals surface area contributed by atoms with Crippen molar-refractivity contribution in [2.24, 2.45) is 5.73 Å². The molecule has 1 atom stereocenters. The smallest absolute Gasteiger partial charge is 0.441 e. The molecule has 0 saturated heterocycles. The average Bonchev–Trinajstić information content (AvgIpc) is 2.37. The minimum Gasteiger partial charge on any atom is -0.493 e. The van der Waals surface area contributed by atoms with E-state index in [1.165, 1.54) is 0 Å². The maximum atomic E-state index is 12.0. The molecule has 0 spiro atoms. The van der Waals surface area contributed by atoms with Crippen molar-refractivity contribution in [3.05, 3.63) is 28.2 Å². The molecule has 2 nitrogen and oxygen atoms in total. The SMILES string of the molecule is CCC(N)Cc1cc(OCCSC(F)(F)F)ccc1Br. The standard InChI is InChI=1S/C13H17BrF3NOS/c1-2-10(18)7-9-8-11(3-4-12(9)14)19-5-6-20-13(15,16)17/h3-4,8,10H,2,5-7,18H2,1H3. The van der Waals surface area contributed by atoms with Crippen LogP contribution >= 0.6 is 27.7 Å². The van der Waals surface area contributed by atoms with E-state index in [1.54, 1.807) is 6.07 Å². The fourth-order valence-corrected chi connectivity index (χ4v) is 2.35. The van der Waals surface area contributed by atoms with Crippen molar-refractivity contribution in [1.82, 2.24) is 0 Å². The van der Waals surface area contributed by atoms with Gasteiger partial charge in [-0.25, -0.2) is 0 Å². The van der Waals surface area contributed by atoms with Crippen LogP contribution in [0.15, 0.2) is 22.7 Å². The monoisotopic (exact) mass is 371 g/mol. The zero-order valence-electron chi connectivity index (χ0n) is 11.0. The van der Waals surface area contributed by atoms with Crippen molar-refractivity contribution in [2.45, 2.75) is 31.3 Å². The lowest BCUT2D eigenvalue weighted by Gasteiger charge is -2.13. The van der Waals surface area contributed by atoms with E-state index >= 15 is 0 Å². The number of ether oxygens (including phenoxy) is 1. The van der Waals surface area contributed by atoms with E-state index in [2.05, 4.69) is 15.9 Å². The summed E-state index contributed by atoms with van der Waals surface area (Å²) in [5, 5.41) is 0. The molecular weight excluding hydrogens is 355 g/mol. The molecule has 1 rings (SSSR count). The van der Waals surface area contributed by atoms with Gasteiger partial charge in [0, 0.05) is 16.3 Å². The number of rotatable bonds is 7. The van der Waals surface area contributed by atoms with Crippen LogP contribution in [0.4, 0.5) is 13.2 Å². The summed E-state index contributed by atoms with van der Waals surface area (Å²) in [5.74, 6) is 0.442. The fourth-order valence-electron chi connectivity index (χ4n) is 1.54. The van der Waals surface area contributed by atoms with Gasteiger partial charge in [0.15, 0.2) is 0 Å². The highest BCUT2D eigenvalue weighted by Crippen LogP contribution is 2.30. The third-order valence-electron chi connectivity index (χ3n) is 2.64. The van der Waals surface area contributed by atoms with Crippen molar-refractivity contribution in [2.75, 3.05) is 12.4 Å². The topological polar surface area (TPSA) is 35.2 Å². The normalized spacial score (nSPS) is 13.3. The van der Waals surface area contributed by atoms with E-state index in [-0.39, 0.29) is 30.2 Å². The number of thioether (sulfide) groups is 1. The third-order valence-corrected chi connectivity index (χ3v) is 4.11. The van der Waals surface area contributed by atoms with Gasteiger partial charge >= 0.3 is 5.51 Å². The van der Waals surface area contributed by atoms with E-state index in [0.717, 1.165) is 16.5 Å². The van der Waals surface area contributed by atoms with Gasteiger partial charge < -0.3 is 10.5 Å². The molecule has 0 radical (unpaired) electrons. The fraction of sp³-hybridized carbons (Fsp3) is 0.538. The van der Waals surface area contributed by atoms with Crippen LogP contribution in [0.5, 0.6) is 5.75 Å². The molecule has 114 valence electrons. The zero-order chi connectivity index (χ0) is 15.2. The molecule has 0 saturated carbocycles. The highest BCUT2D eigenvalue weighted by molar-refractivity contribution is 9.10. The Morgan fingerprint density at radius 3 is 2.70 bits per heavy atom. The Morgan fingerprint density at radius 2 is 2.10 bits per heavy atom. The summed E-state index contributed by atoms with van der Waals surface area (Å²) >= 11 is 3.35. The van der Waals surface area contributed by atoms with Crippen molar-refractivity contribution >= 4 is 27.7 Å². The third kappa shape index (κ3) is 6.85. The molecule has 0 heterocycles. The second-order valence-corrected chi connectivity index (χ2v) is 6.28. The Bertz CT molecular complexity index is 429. The number of halogens is 4. The number of nitrogens with two attached hydrogens (primary N) is 1. The zero-order valence-corrected chi connectivity index (χ0v) is 13.4. The molecule has 1 aromatic rings. The number of benzene rings is 1. The van der Waals surface area contributed by atoms with Crippen LogP contribution in [-0.2, 0) is 6.42 Å². The maximum absolute atomic E-state index is 12.0. The Labute approximate surface area is 129 Å². The largest absolute Gasteiger partial charge is 0.493 e. The summed E-state index contributed by atoms with van der Waals surface area (Å²) in [6, 6.07) is 5.42. The van der Waals surface area contributed by atoms with E-state index in [9.17, 15) is 13.2 Å². The minimum absolute atomic E-state index is 0.0189. The summed E-state index contributed by atoms with van der Waals surface area (Å²) in [7, 11) is 0. The van der Waals surface area contributed by atoms with Gasteiger partial charge in [-0.2, -0.15) is 13.2 Å². The van der Waals surface area contributed by atoms with Crippen molar-refractivity contribution in [3.8, 4) is 5.75 Å². The van der Waals surface area contributed by atoms with Gasteiger partial charge in [-0.15, -0.1) is 0 Å². The Kier molecular flexibility index (Phi) is 7.19.